The second kappa shape index (κ2) is 6.46. The van der Waals surface area contributed by atoms with E-state index in [9.17, 15) is 0 Å². The van der Waals surface area contributed by atoms with E-state index in [1.165, 1.54) is 31.5 Å². The minimum absolute atomic E-state index is 0.311. The second-order valence-electron chi connectivity index (χ2n) is 6.35. The number of rotatable bonds is 4. The number of likely N-dealkylation sites (tertiary alicyclic amines) is 1. The van der Waals surface area contributed by atoms with E-state index in [2.05, 4.69) is 35.2 Å². The van der Waals surface area contributed by atoms with Gasteiger partial charge in [-0.2, -0.15) is 5.26 Å². The van der Waals surface area contributed by atoms with Crippen molar-refractivity contribution < 1.29 is 0 Å². The monoisotopic (exact) mass is 316 g/mol. The van der Waals surface area contributed by atoms with Crippen LogP contribution in [0.3, 0.4) is 0 Å². The largest absolute Gasteiger partial charge is 0.310 e. The zero-order chi connectivity index (χ0) is 16.4. The topological polar surface area (TPSA) is 44.9 Å². The first-order valence-corrected chi connectivity index (χ1v) is 8.49. The van der Waals surface area contributed by atoms with Crippen molar-refractivity contribution in [3.8, 4) is 17.5 Å². The Morgan fingerprint density at radius 3 is 2.50 bits per heavy atom. The first-order valence-electron chi connectivity index (χ1n) is 8.49. The molecule has 1 fully saturated rings. The molecule has 2 aromatic carbocycles. The molecule has 4 heteroatoms. The van der Waals surface area contributed by atoms with Crippen molar-refractivity contribution in [2.24, 2.45) is 0 Å². The fourth-order valence-corrected chi connectivity index (χ4v) is 3.48. The predicted octanol–water partition coefficient (Wildman–Crippen LogP) is 3.82. The molecule has 24 heavy (non-hydrogen) atoms. The molecule has 0 atom stereocenters. The third-order valence-electron chi connectivity index (χ3n) is 4.70. The zero-order valence-corrected chi connectivity index (χ0v) is 13.7. The maximum atomic E-state index is 9.17. The summed E-state index contributed by atoms with van der Waals surface area (Å²) >= 11 is 0. The fourth-order valence-electron chi connectivity index (χ4n) is 3.48. The van der Waals surface area contributed by atoms with Gasteiger partial charge in [0.25, 0.3) is 0 Å². The van der Waals surface area contributed by atoms with Gasteiger partial charge in [-0.15, -0.1) is 0 Å². The second-order valence-corrected chi connectivity index (χ2v) is 6.35. The van der Waals surface area contributed by atoms with Crippen LogP contribution in [-0.2, 0) is 13.1 Å². The number of aromatic nitrogens is 2. The predicted molar refractivity (Wildman–Crippen MR) is 95.3 cm³/mol. The van der Waals surface area contributed by atoms with Crippen LogP contribution in [0.5, 0.6) is 0 Å². The quantitative estimate of drug-likeness (QED) is 0.735. The molecule has 1 aliphatic rings. The maximum absolute atomic E-state index is 9.17. The van der Waals surface area contributed by atoms with Crippen LogP contribution in [0.2, 0.25) is 0 Å². The summed E-state index contributed by atoms with van der Waals surface area (Å²) in [6.45, 7) is 3.75. The van der Waals surface area contributed by atoms with Crippen molar-refractivity contribution in [2.45, 2.75) is 25.9 Å². The summed E-state index contributed by atoms with van der Waals surface area (Å²) in [7, 11) is 0. The molecule has 120 valence electrons. The van der Waals surface area contributed by atoms with Crippen LogP contribution in [0.25, 0.3) is 22.4 Å². The lowest BCUT2D eigenvalue weighted by atomic mass is 10.1. The minimum atomic E-state index is 0.311. The average Bonchev–Trinajstić information content (AvgIpc) is 3.24. The normalized spacial score (nSPS) is 15.0. The Hall–Kier alpha value is -2.64. The van der Waals surface area contributed by atoms with Gasteiger partial charge >= 0.3 is 0 Å². The highest BCUT2D eigenvalue weighted by Gasteiger charge is 2.14. The van der Waals surface area contributed by atoms with Crippen LogP contribution in [0.15, 0.2) is 48.5 Å². The highest BCUT2D eigenvalue weighted by molar-refractivity contribution is 5.80. The van der Waals surface area contributed by atoms with E-state index >= 15 is 0 Å². The van der Waals surface area contributed by atoms with Crippen LogP contribution in [0.1, 0.15) is 18.4 Å². The molecular formula is C20H20N4. The van der Waals surface area contributed by atoms with E-state index in [0.29, 0.717) is 6.54 Å². The summed E-state index contributed by atoms with van der Waals surface area (Å²) in [6.07, 6.45) is 2.63. The van der Waals surface area contributed by atoms with Gasteiger partial charge in [0.15, 0.2) is 0 Å². The van der Waals surface area contributed by atoms with Crippen molar-refractivity contribution in [1.82, 2.24) is 14.5 Å². The third-order valence-corrected chi connectivity index (χ3v) is 4.70. The molecule has 3 aromatic rings. The molecule has 0 bridgehead atoms. The van der Waals surface area contributed by atoms with Crippen LogP contribution < -0.4 is 0 Å². The molecule has 1 aromatic heterocycles. The summed E-state index contributed by atoms with van der Waals surface area (Å²) in [5.74, 6) is 0.866. The molecule has 0 saturated carbocycles. The van der Waals surface area contributed by atoms with Gasteiger partial charge in [0.1, 0.15) is 12.4 Å². The van der Waals surface area contributed by atoms with Gasteiger partial charge in [-0.3, -0.25) is 4.90 Å². The Labute approximate surface area is 142 Å². The average molecular weight is 316 g/mol. The number of nitrogens with zero attached hydrogens (tertiary/aromatic N) is 4. The fraction of sp³-hybridized carbons (Fsp3) is 0.300. The Balaban J connectivity index is 1.66. The van der Waals surface area contributed by atoms with Crippen LogP contribution in [0.4, 0.5) is 0 Å². The molecule has 2 heterocycles. The van der Waals surface area contributed by atoms with Gasteiger partial charge < -0.3 is 4.57 Å². The molecule has 0 N–H and O–H groups in total. The van der Waals surface area contributed by atoms with Crippen molar-refractivity contribution in [1.29, 1.82) is 5.26 Å². The van der Waals surface area contributed by atoms with E-state index in [-0.39, 0.29) is 0 Å². The standard InChI is InChI=1S/C20H20N4/c21-11-14-24-19-6-2-1-5-18(19)22-20(24)17-9-7-16(8-10-17)15-23-12-3-4-13-23/h1-2,5-10H,3-4,12-15H2. The molecule has 0 aliphatic carbocycles. The minimum Gasteiger partial charge on any atom is -0.310 e. The number of nitriles is 1. The van der Waals surface area contributed by atoms with Gasteiger partial charge in [-0.1, -0.05) is 36.4 Å². The molecular weight excluding hydrogens is 296 g/mol. The number of benzene rings is 2. The summed E-state index contributed by atoms with van der Waals surface area (Å²) in [5, 5.41) is 9.17. The Morgan fingerprint density at radius 1 is 1.00 bits per heavy atom. The first kappa shape index (κ1) is 14.9. The number of hydrogen-bond donors (Lipinski definition) is 0. The maximum Gasteiger partial charge on any atom is 0.142 e. The van der Waals surface area contributed by atoms with Gasteiger partial charge in [0, 0.05) is 12.1 Å². The van der Waals surface area contributed by atoms with E-state index in [4.69, 9.17) is 10.2 Å². The van der Waals surface area contributed by atoms with Crippen molar-refractivity contribution in [2.75, 3.05) is 13.1 Å². The summed E-state index contributed by atoms with van der Waals surface area (Å²) in [6, 6.07) is 18.8. The molecule has 0 spiro atoms. The Bertz CT molecular complexity index is 880. The van der Waals surface area contributed by atoms with Crippen molar-refractivity contribution in [3.63, 3.8) is 0 Å². The van der Waals surface area contributed by atoms with E-state index in [0.717, 1.165) is 29.0 Å². The summed E-state index contributed by atoms with van der Waals surface area (Å²) in [4.78, 5) is 7.24. The number of fused-ring (bicyclic) bond motifs is 1. The number of imidazole rings is 1. The van der Waals surface area contributed by atoms with Crippen LogP contribution in [0, 0.1) is 11.3 Å². The smallest absolute Gasteiger partial charge is 0.142 e. The lowest BCUT2D eigenvalue weighted by Gasteiger charge is -2.14. The van der Waals surface area contributed by atoms with Gasteiger partial charge in [0.05, 0.1) is 17.1 Å². The van der Waals surface area contributed by atoms with Crippen molar-refractivity contribution in [3.05, 3.63) is 54.1 Å². The molecule has 0 amide bonds. The Morgan fingerprint density at radius 2 is 1.75 bits per heavy atom. The van der Waals surface area contributed by atoms with Gasteiger partial charge in [-0.05, 0) is 43.6 Å². The van der Waals surface area contributed by atoms with E-state index in [1.54, 1.807) is 0 Å². The SMILES string of the molecule is N#CCn1c(-c2ccc(CN3CCCC3)cc2)nc2ccccc21. The number of para-hydroxylation sites is 2. The highest BCUT2D eigenvalue weighted by atomic mass is 15.1. The lowest BCUT2D eigenvalue weighted by Crippen LogP contribution is -2.18. The molecule has 0 radical (unpaired) electrons. The molecule has 1 aliphatic heterocycles. The zero-order valence-electron chi connectivity index (χ0n) is 13.7. The molecule has 0 unspecified atom stereocenters. The molecule has 1 saturated heterocycles. The molecule has 4 nitrogen and oxygen atoms in total. The summed E-state index contributed by atoms with van der Waals surface area (Å²) in [5.41, 5.74) is 4.34. The number of hydrogen-bond acceptors (Lipinski definition) is 3. The summed E-state index contributed by atoms with van der Waals surface area (Å²) < 4.78 is 1.99. The van der Waals surface area contributed by atoms with E-state index < -0.39 is 0 Å². The van der Waals surface area contributed by atoms with Crippen LogP contribution in [-0.4, -0.2) is 27.5 Å². The first-order chi connectivity index (χ1) is 11.8. The van der Waals surface area contributed by atoms with Crippen LogP contribution >= 0.6 is 0 Å². The highest BCUT2D eigenvalue weighted by Crippen LogP contribution is 2.25. The van der Waals surface area contributed by atoms with E-state index in [1.807, 2.05) is 28.8 Å². The van der Waals surface area contributed by atoms with Gasteiger partial charge in [0.2, 0.25) is 0 Å². The van der Waals surface area contributed by atoms with Crippen molar-refractivity contribution >= 4 is 11.0 Å². The third kappa shape index (κ3) is 2.79. The molecule has 4 rings (SSSR count). The van der Waals surface area contributed by atoms with Gasteiger partial charge in [-0.25, -0.2) is 4.98 Å². The lowest BCUT2D eigenvalue weighted by molar-refractivity contribution is 0.331. The Kier molecular flexibility index (Phi) is 4.02.